The maximum atomic E-state index is 13.4. The van der Waals surface area contributed by atoms with E-state index < -0.39 is 0 Å². The summed E-state index contributed by atoms with van der Waals surface area (Å²) < 4.78 is 0. The molecule has 6 heteroatoms. The quantitative estimate of drug-likeness (QED) is 0.301. The molecule has 1 aliphatic rings. The Kier molecular flexibility index (Phi) is 4.68. The minimum absolute atomic E-state index is 0.0893. The summed E-state index contributed by atoms with van der Waals surface area (Å²) in [6, 6.07) is 23.7. The van der Waals surface area contributed by atoms with Crippen molar-refractivity contribution >= 4 is 66.9 Å². The van der Waals surface area contributed by atoms with Gasteiger partial charge < -0.3 is 9.80 Å². The van der Waals surface area contributed by atoms with Gasteiger partial charge in [-0.15, -0.1) is 0 Å². The molecule has 0 saturated carbocycles. The Morgan fingerprint density at radius 1 is 0.633 bits per heavy atom. The van der Waals surface area contributed by atoms with E-state index in [0.717, 1.165) is 54.5 Å². The van der Waals surface area contributed by atoms with Crippen LogP contribution in [0.15, 0.2) is 82.6 Å². The average molecular weight is 431 g/mol. The molecule has 4 nitrogen and oxygen atoms in total. The molecule has 0 bridgehead atoms. The topological polar surface area (TPSA) is 40.6 Å². The number of thioether (sulfide) groups is 2. The van der Waals surface area contributed by atoms with E-state index in [1.165, 1.54) is 11.8 Å². The van der Waals surface area contributed by atoms with E-state index in [4.69, 9.17) is 0 Å². The summed E-state index contributed by atoms with van der Waals surface area (Å²) in [5.41, 5.74) is 1.50. The molecule has 0 aliphatic carbocycles. The van der Waals surface area contributed by atoms with Crippen molar-refractivity contribution in [3.05, 3.63) is 72.8 Å². The highest BCUT2D eigenvalue weighted by Gasteiger charge is 2.27. The molecule has 30 heavy (non-hydrogen) atoms. The number of carbonyl (C=O) groups excluding carboxylic acids is 2. The van der Waals surface area contributed by atoms with Gasteiger partial charge in [-0.05, 0) is 51.8 Å². The molecular formula is C24H18N2O2S2. The summed E-state index contributed by atoms with van der Waals surface area (Å²) in [5.74, 6) is 0. The van der Waals surface area contributed by atoms with Crippen LogP contribution in [0.2, 0.25) is 0 Å². The van der Waals surface area contributed by atoms with E-state index in [-0.39, 0.29) is 10.5 Å². The van der Waals surface area contributed by atoms with Crippen LogP contribution in [0.4, 0.5) is 21.0 Å². The first kappa shape index (κ1) is 19.0. The van der Waals surface area contributed by atoms with Gasteiger partial charge in [0.15, 0.2) is 0 Å². The highest BCUT2D eigenvalue weighted by Crippen LogP contribution is 2.44. The number of benzene rings is 4. The molecule has 0 fully saturated rings. The molecule has 0 N–H and O–H groups in total. The first-order chi connectivity index (χ1) is 14.5. The number of anilines is 2. The van der Waals surface area contributed by atoms with Gasteiger partial charge in [0.25, 0.3) is 10.5 Å². The second kappa shape index (κ2) is 7.38. The maximum absolute atomic E-state index is 13.4. The molecule has 0 unspecified atom stereocenters. The normalized spacial score (nSPS) is 14.7. The lowest BCUT2D eigenvalue weighted by Gasteiger charge is -2.27. The molecule has 0 atom stereocenters. The van der Waals surface area contributed by atoms with Crippen molar-refractivity contribution in [2.75, 3.05) is 23.9 Å². The zero-order valence-corrected chi connectivity index (χ0v) is 18.1. The Morgan fingerprint density at radius 2 is 1.23 bits per heavy atom. The Balaban J connectivity index is 1.75. The van der Waals surface area contributed by atoms with Crippen molar-refractivity contribution in [1.29, 1.82) is 0 Å². The predicted molar refractivity (Wildman–Crippen MR) is 127 cm³/mol. The molecule has 1 heterocycles. The molecule has 0 aromatic heterocycles. The summed E-state index contributed by atoms with van der Waals surface area (Å²) in [6.45, 7) is 0. The summed E-state index contributed by atoms with van der Waals surface area (Å²) >= 11 is 2.32. The van der Waals surface area contributed by atoms with E-state index >= 15 is 0 Å². The summed E-state index contributed by atoms with van der Waals surface area (Å²) in [4.78, 5) is 31.5. The SMILES string of the molecule is CN1C(=O)Sc2ccc3ccccc3c2N(C)C(=O)Sc2c1ccc1ccccc21. The molecule has 2 amide bonds. The molecule has 4 aromatic rings. The van der Waals surface area contributed by atoms with Crippen LogP contribution in [0.25, 0.3) is 21.5 Å². The lowest BCUT2D eigenvalue weighted by molar-refractivity contribution is 0.264. The van der Waals surface area contributed by atoms with Gasteiger partial charge in [-0.3, -0.25) is 9.59 Å². The number of hydrogen-bond acceptors (Lipinski definition) is 4. The maximum Gasteiger partial charge on any atom is 0.290 e. The molecule has 0 saturated heterocycles. The van der Waals surface area contributed by atoms with Gasteiger partial charge in [0.05, 0.1) is 11.4 Å². The van der Waals surface area contributed by atoms with Crippen molar-refractivity contribution in [1.82, 2.24) is 0 Å². The Morgan fingerprint density at radius 3 is 2.00 bits per heavy atom. The highest BCUT2D eigenvalue weighted by atomic mass is 32.2. The molecule has 0 spiro atoms. The first-order valence-electron chi connectivity index (χ1n) is 9.49. The molecule has 4 aromatic carbocycles. The minimum Gasteiger partial charge on any atom is -0.305 e. The van der Waals surface area contributed by atoms with Crippen LogP contribution in [0, 0.1) is 0 Å². The standard InChI is InChI=1S/C24H18N2O2S2/c1-25-19-13-11-16-8-4-6-10-18(16)22(19)30-24(28)26(2)21-17-9-5-3-7-15(17)12-14-20(21)29-23(25)27/h3-14H,1-2H3. The second-order valence-corrected chi connectivity index (χ2v) is 9.08. The molecule has 1 aliphatic heterocycles. The van der Waals surface area contributed by atoms with Crippen molar-refractivity contribution in [2.24, 2.45) is 0 Å². The molecular weight excluding hydrogens is 412 g/mol. The van der Waals surface area contributed by atoms with Crippen LogP contribution in [0.1, 0.15) is 0 Å². The van der Waals surface area contributed by atoms with Crippen LogP contribution in [-0.2, 0) is 0 Å². The van der Waals surface area contributed by atoms with Gasteiger partial charge >= 0.3 is 0 Å². The first-order valence-corrected chi connectivity index (χ1v) is 11.1. The van der Waals surface area contributed by atoms with Crippen molar-refractivity contribution in [3.63, 3.8) is 0 Å². The summed E-state index contributed by atoms with van der Waals surface area (Å²) in [5, 5.41) is 3.80. The Bertz CT molecular complexity index is 1340. The predicted octanol–water partition coefficient (Wildman–Crippen LogP) is 7.00. The number of nitrogens with zero attached hydrogens (tertiary/aromatic N) is 2. The smallest absolute Gasteiger partial charge is 0.290 e. The number of amides is 2. The number of hydrogen-bond donors (Lipinski definition) is 0. The summed E-state index contributed by atoms with van der Waals surface area (Å²) in [7, 11) is 3.54. The number of carbonyl (C=O) groups is 2. The molecule has 5 rings (SSSR count). The molecule has 148 valence electrons. The fraction of sp³-hybridized carbons (Fsp3) is 0.0833. The lowest BCUT2D eigenvalue weighted by atomic mass is 10.1. The minimum atomic E-state index is -0.0913. The van der Waals surface area contributed by atoms with Crippen LogP contribution >= 0.6 is 23.5 Å². The van der Waals surface area contributed by atoms with Crippen molar-refractivity contribution < 1.29 is 9.59 Å². The number of fused-ring (bicyclic) bond motifs is 6. The van der Waals surface area contributed by atoms with Crippen LogP contribution in [0.5, 0.6) is 0 Å². The second-order valence-electron chi connectivity index (χ2n) is 7.12. The fourth-order valence-corrected chi connectivity index (χ4v) is 5.69. The van der Waals surface area contributed by atoms with Crippen LogP contribution < -0.4 is 9.80 Å². The summed E-state index contributed by atoms with van der Waals surface area (Å²) in [6.07, 6.45) is 0. The largest absolute Gasteiger partial charge is 0.305 e. The van der Waals surface area contributed by atoms with Gasteiger partial charge in [-0.1, -0.05) is 60.7 Å². The number of rotatable bonds is 0. The zero-order valence-electron chi connectivity index (χ0n) is 16.5. The van der Waals surface area contributed by atoms with E-state index in [2.05, 4.69) is 0 Å². The Labute approximate surface area is 182 Å². The monoisotopic (exact) mass is 430 g/mol. The fourth-order valence-electron chi connectivity index (χ4n) is 3.77. The molecule has 0 radical (unpaired) electrons. The van der Waals surface area contributed by atoms with E-state index in [0.29, 0.717) is 0 Å². The van der Waals surface area contributed by atoms with Crippen LogP contribution in [0.3, 0.4) is 0 Å². The zero-order chi connectivity index (χ0) is 20.8. The van der Waals surface area contributed by atoms with E-state index in [9.17, 15) is 9.59 Å². The van der Waals surface area contributed by atoms with Crippen molar-refractivity contribution in [2.45, 2.75) is 9.79 Å². The third-order valence-corrected chi connectivity index (χ3v) is 7.43. The van der Waals surface area contributed by atoms with E-state index in [1.54, 1.807) is 23.9 Å². The van der Waals surface area contributed by atoms with Gasteiger partial charge in [-0.25, -0.2) is 0 Å². The van der Waals surface area contributed by atoms with Crippen molar-refractivity contribution in [3.8, 4) is 0 Å². The van der Waals surface area contributed by atoms with Gasteiger partial charge in [0.2, 0.25) is 0 Å². The van der Waals surface area contributed by atoms with Crippen LogP contribution in [-0.4, -0.2) is 24.6 Å². The third kappa shape index (κ3) is 3.04. The van der Waals surface area contributed by atoms with E-state index in [1.807, 2.05) is 72.8 Å². The van der Waals surface area contributed by atoms with Gasteiger partial charge in [0.1, 0.15) is 0 Å². The van der Waals surface area contributed by atoms with Gasteiger partial charge in [-0.2, -0.15) is 0 Å². The third-order valence-electron chi connectivity index (χ3n) is 5.35. The average Bonchev–Trinajstić information content (AvgIpc) is 2.77. The Hall–Kier alpha value is -2.96. The van der Waals surface area contributed by atoms with Gasteiger partial charge in [0, 0.05) is 29.3 Å². The lowest BCUT2D eigenvalue weighted by Crippen LogP contribution is -2.27. The highest BCUT2D eigenvalue weighted by molar-refractivity contribution is 8.14.